The fraction of sp³-hybridized carbons (Fsp3) is 0.647. The van der Waals surface area contributed by atoms with Gasteiger partial charge in [-0.2, -0.15) is 4.63 Å². The normalized spacial score (nSPS) is 12.6. The highest BCUT2D eigenvalue weighted by atomic mass is 35.5. The molecule has 0 fully saturated rings. The highest BCUT2D eigenvalue weighted by Gasteiger charge is 2.46. The van der Waals surface area contributed by atoms with Gasteiger partial charge in [0, 0.05) is 11.1 Å². The Morgan fingerprint density at radius 3 is 1.98 bits per heavy atom. The first kappa shape index (κ1) is 34.6. The minimum atomic E-state index is -0.954. The van der Waals surface area contributed by atoms with Gasteiger partial charge in [0.15, 0.2) is 11.5 Å². The van der Waals surface area contributed by atoms with Crippen molar-refractivity contribution >= 4 is 29.1 Å². The summed E-state index contributed by atoms with van der Waals surface area (Å²) in [6.07, 6.45) is 14.2. The summed E-state index contributed by atoms with van der Waals surface area (Å²) >= 11 is 6.33. The van der Waals surface area contributed by atoms with Crippen molar-refractivity contribution in [1.82, 2.24) is 30.4 Å². The number of H-pyrrole nitrogens is 1. The van der Waals surface area contributed by atoms with Crippen molar-refractivity contribution in [3.63, 3.8) is 0 Å². The van der Waals surface area contributed by atoms with Crippen LogP contribution in [-0.4, -0.2) is 37.2 Å². The van der Waals surface area contributed by atoms with Crippen LogP contribution in [0.3, 0.4) is 0 Å². The highest BCUT2D eigenvalue weighted by Crippen LogP contribution is 2.33. The van der Waals surface area contributed by atoms with E-state index < -0.39 is 16.5 Å². The average molecular weight is 613 g/mol. The van der Waals surface area contributed by atoms with Crippen molar-refractivity contribution in [3.8, 4) is 0 Å². The van der Waals surface area contributed by atoms with Gasteiger partial charge in [-0.3, -0.25) is 14.7 Å². The summed E-state index contributed by atoms with van der Waals surface area (Å²) in [7, 11) is 0. The Hall–Kier alpha value is -2.87. The largest absolute Gasteiger partial charge is 0.346 e. The molecule has 2 aromatic heterocycles. The first-order valence-corrected chi connectivity index (χ1v) is 16.4. The Kier molecular flexibility index (Phi) is 11.9. The number of halogens is 1. The smallest absolute Gasteiger partial charge is 0.251 e. The summed E-state index contributed by atoms with van der Waals surface area (Å²) in [4.78, 5) is 31.4. The lowest BCUT2D eigenvalue weighted by Crippen LogP contribution is -2.61. The van der Waals surface area contributed by atoms with Gasteiger partial charge in [0.1, 0.15) is 5.02 Å². The van der Waals surface area contributed by atoms with Crippen LogP contribution in [0, 0.1) is 12.3 Å². The summed E-state index contributed by atoms with van der Waals surface area (Å²) in [5, 5.41) is 14.2. The number of aromatic amines is 1. The molecule has 0 saturated heterocycles. The lowest BCUT2D eigenvalue weighted by Gasteiger charge is -2.42. The minimum Gasteiger partial charge on any atom is -0.346 e. The quantitative estimate of drug-likeness (QED) is 0.134. The van der Waals surface area contributed by atoms with Gasteiger partial charge in [0.25, 0.3) is 5.91 Å². The van der Waals surface area contributed by atoms with Gasteiger partial charge in [0.05, 0.1) is 16.6 Å². The van der Waals surface area contributed by atoms with Crippen molar-refractivity contribution in [2.24, 2.45) is 5.41 Å². The van der Waals surface area contributed by atoms with E-state index in [9.17, 15) is 9.59 Å². The fourth-order valence-corrected chi connectivity index (χ4v) is 5.27. The lowest BCUT2D eigenvalue weighted by atomic mass is 9.73. The number of aryl methyl sites for hydroxylation is 2. The molecule has 8 nitrogen and oxygen atoms in total. The van der Waals surface area contributed by atoms with Gasteiger partial charge >= 0.3 is 0 Å². The topological polar surface area (TPSA) is 104 Å². The molecular formula is C34H53ClN6O2. The summed E-state index contributed by atoms with van der Waals surface area (Å²) in [6.45, 7) is 15.2. The second kappa shape index (κ2) is 14.7. The number of unbranched alkanes of at least 4 members (excludes halogenated alkanes) is 9. The van der Waals surface area contributed by atoms with Crippen molar-refractivity contribution in [3.05, 3.63) is 51.9 Å². The van der Waals surface area contributed by atoms with E-state index in [1.54, 1.807) is 0 Å². The molecule has 0 aliphatic rings. The monoisotopic (exact) mass is 612 g/mol. The van der Waals surface area contributed by atoms with Crippen LogP contribution in [0.1, 0.15) is 140 Å². The van der Waals surface area contributed by atoms with Crippen LogP contribution in [0.25, 0.3) is 5.65 Å². The number of aromatic nitrogens is 4. The average Bonchev–Trinajstić information content (AvgIpc) is 3.48. The van der Waals surface area contributed by atoms with E-state index >= 15 is 0 Å². The minimum absolute atomic E-state index is 0.203. The predicted octanol–water partition coefficient (Wildman–Crippen LogP) is 8.07. The number of benzene rings is 1. The van der Waals surface area contributed by atoms with Crippen LogP contribution in [0.15, 0.2) is 24.3 Å². The van der Waals surface area contributed by atoms with E-state index in [1.165, 1.54) is 74.4 Å². The third-order valence-electron chi connectivity index (χ3n) is 8.98. The van der Waals surface area contributed by atoms with Gasteiger partial charge in [-0.15, -0.1) is 5.10 Å². The zero-order chi connectivity index (χ0) is 31.8. The zero-order valence-corrected chi connectivity index (χ0v) is 28.4. The molecule has 2 amide bonds. The van der Waals surface area contributed by atoms with E-state index in [-0.39, 0.29) is 11.8 Å². The first-order chi connectivity index (χ1) is 20.2. The number of carbonyl (C=O) groups is 2. The molecule has 0 bridgehead atoms. The highest BCUT2D eigenvalue weighted by molar-refractivity contribution is 6.34. The Labute approximate surface area is 263 Å². The number of carbonyl (C=O) groups excluding carboxylic acids is 2. The predicted molar refractivity (Wildman–Crippen MR) is 176 cm³/mol. The Balaban J connectivity index is 1.50. The van der Waals surface area contributed by atoms with Crippen LogP contribution < -0.4 is 10.6 Å². The van der Waals surface area contributed by atoms with Crippen molar-refractivity contribution in [2.75, 3.05) is 0 Å². The molecule has 3 aromatic rings. The van der Waals surface area contributed by atoms with Crippen molar-refractivity contribution < 1.29 is 9.59 Å². The van der Waals surface area contributed by atoms with Crippen LogP contribution in [0.2, 0.25) is 5.02 Å². The second-order valence-corrected chi connectivity index (χ2v) is 14.0. The van der Waals surface area contributed by atoms with Gasteiger partial charge < -0.3 is 10.6 Å². The molecular weight excluding hydrogens is 560 g/mol. The fourth-order valence-electron chi connectivity index (χ4n) is 5.10. The molecule has 0 unspecified atom stereocenters. The molecule has 238 valence electrons. The van der Waals surface area contributed by atoms with E-state index in [0.29, 0.717) is 22.1 Å². The van der Waals surface area contributed by atoms with Crippen molar-refractivity contribution in [2.45, 2.75) is 137 Å². The second-order valence-electron chi connectivity index (χ2n) is 13.6. The van der Waals surface area contributed by atoms with Gasteiger partial charge in [-0.1, -0.05) is 88.4 Å². The standard InChI is InChI=1S/C34H53ClN6O2/c1-9-10-11-12-13-14-15-16-17-18-19-25-20-22-26(23-21-25)29(42)37-34(7,8)32(3,4)31(43)38-33(5,6)30-36-28-27(35)24(2)39-41(28)40-30/h20-23,39H,9-19H2,1-8H3,(H,37,42)(H,38,43). The molecule has 0 saturated carbocycles. The Bertz CT molecular complexity index is 1350. The maximum absolute atomic E-state index is 13.6. The summed E-state index contributed by atoms with van der Waals surface area (Å²) in [6, 6.07) is 7.85. The van der Waals surface area contributed by atoms with Crippen LogP contribution in [0.4, 0.5) is 0 Å². The number of nitrogens with zero attached hydrogens (tertiary/aromatic N) is 3. The third kappa shape index (κ3) is 8.84. The molecule has 0 atom stereocenters. The number of amides is 2. The van der Waals surface area contributed by atoms with Gasteiger partial charge in [0.2, 0.25) is 5.91 Å². The molecule has 0 spiro atoms. The molecule has 9 heteroatoms. The Morgan fingerprint density at radius 2 is 1.42 bits per heavy atom. The Morgan fingerprint density at radius 1 is 0.860 bits per heavy atom. The number of fused-ring (bicyclic) bond motifs is 1. The number of hydrogen-bond donors (Lipinski definition) is 3. The van der Waals surface area contributed by atoms with E-state index in [4.69, 9.17) is 11.6 Å². The maximum Gasteiger partial charge on any atom is 0.251 e. The molecule has 3 rings (SSSR count). The molecule has 2 heterocycles. The van der Waals surface area contributed by atoms with E-state index in [0.717, 1.165) is 12.1 Å². The molecule has 1 aromatic carbocycles. The summed E-state index contributed by atoms with van der Waals surface area (Å²) < 4.78 is 1.51. The maximum atomic E-state index is 13.6. The van der Waals surface area contributed by atoms with Crippen LogP contribution in [-0.2, 0) is 16.8 Å². The van der Waals surface area contributed by atoms with Crippen LogP contribution in [0.5, 0.6) is 0 Å². The molecule has 0 aliphatic carbocycles. The van der Waals surface area contributed by atoms with E-state index in [1.807, 2.05) is 72.7 Å². The molecule has 3 N–H and O–H groups in total. The molecule has 43 heavy (non-hydrogen) atoms. The molecule has 0 aliphatic heterocycles. The zero-order valence-electron chi connectivity index (χ0n) is 27.6. The number of hydrogen-bond acceptors (Lipinski definition) is 4. The van der Waals surface area contributed by atoms with Crippen LogP contribution >= 0.6 is 11.6 Å². The van der Waals surface area contributed by atoms with Gasteiger partial charge in [-0.05, 0) is 79.0 Å². The number of rotatable bonds is 17. The number of nitrogens with one attached hydrogen (secondary N) is 3. The van der Waals surface area contributed by atoms with Gasteiger partial charge in [-0.25, -0.2) is 4.98 Å². The summed E-state index contributed by atoms with van der Waals surface area (Å²) in [5.74, 6) is 0.00519. The lowest BCUT2D eigenvalue weighted by molar-refractivity contribution is -0.134. The SMILES string of the molecule is CCCCCCCCCCCCc1ccc(C(=O)NC(C)(C)C(C)(C)C(=O)NC(C)(C)c2nc3c(Cl)c(C)[nH]n3n2)cc1. The summed E-state index contributed by atoms with van der Waals surface area (Å²) in [5.41, 5.74) is 0.435. The first-order valence-electron chi connectivity index (χ1n) is 16.0. The third-order valence-corrected chi connectivity index (χ3v) is 9.44. The molecule has 0 radical (unpaired) electrons. The van der Waals surface area contributed by atoms with Crippen molar-refractivity contribution in [1.29, 1.82) is 0 Å². The van der Waals surface area contributed by atoms with E-state index in [2.05, 4.69) is 32.7 Å².